The molecule has 0 N–H and O–H groups in total. The zero-order valence-corrected chi connectivity index (χ0v) is 13.6. The molecule has 0 bridgehead atoms. The van der Waals surface area contributed by atoms with Crippen LogP contribution in [0.2, 0.25) is 0 Å². The molecule has 1 saturated carbocycles. The van der Waals surface area contributed by atoms with E-state index in [1.165, 1.54) is 5.57 Å². The molecule has 6 heteroatoms. The summed E-state index contributed by atoms with van der Waals surface area (Å²) in [6.07, 6.45) is 0.591. The first-order valence-electron chi connectivity index (χ1n) is 7.40. The summed E-state index contributed by atoms with van der Waals surface area (Å²) >= 11 is 5.27. The Hall–Kier alpha value is -0.970. The van der Waals surface area contributed by atoms with Crippen molar-refractivity contribution >= 4 is 17.6 Å². The smallest absolute Gasteiger partial charge is 0.426 e. The van der Waals surface area contributed by atoms with Crippen LogP contribution >= 0.6 is 11.6 Å². The number of hydrogen-bond donors (Lipinski definition) is 0. The third-order valence-electron chi connectivity index (χ3n) is 4.66. The number of esters is 1. The van der Waals surface area contributed by atoms with Crippen LogP contribution in [0.3, 0.4) is 0 Å². The van der Waals surface area contributed by atoms with E-state index in [1.54, 1.807) is 13.8 Å². The highest BCUT2D eigenvalue weighted by molar-refractivity contribution is 6.30. The Balaban J connectivity index is 1.97. The topological polar surface area (TPSA) is 26.3 Å². The van der Waals surface area contributed by atoms with E-state index >= 15 is 0 Å². The zero-order valence-electron chi connectivity index (χ0n) is 12.8. The number of halogens is 4. The van der Waals surface area contributed by atoms with Gasteiger partial charge < -0.3 is 4.74 Å². The monoisotopic (exact) mass is 336 g/mol. The molecule has 0 saturated heterocycles. The molecule has 1 fully saturated rings. The van der Waals surface area contributed by atoms with E-state index in [0.29, 0.717) is 6.42 Å². The molecular weight excluding hydrogens is 317 g/mol. The molecule has 0 amide bonds. The van der Waals surface area contributed by atoms with Crippen molar-refractivity contribution in [1.82, 2.24) is 0 Å². The van der Waals surface area contributed by atoms with Crippen molar-refractivity contribution in [2.45, 2.75) is 52.3 Å². The third-order valence-corrected chi connectivity index (χ3v) is 5.00. The van der Waals surface area contributed by atoms with Crippen molar-refractivity contribution in [2.75, 3.05) is 0 Å². The number of alkyl halides is 3. The van der Waals surface area contributed by atoms with E-state index in [9.17, 15) is 18.0 Å². The molecule has 2 aliphatic carbocycles. The van der Waals surface area contributed by atoms with Crippen LogP contribution in [-0.4, -0.2) is 18.2 Å². The van der Waals surface area contributed by atoms with E-state index in [4.69, 9.17) is 16.3 Å². The van der Waals surface area contributed by atoms with Crippen molar-refractivity contribution in [1.29, 1.82) is 0 Å². The van der Waals surface area contributed by atoms with E-state index in [-0.39, 0.29) is 6.10 Å². The van der Waals surface area contributed by atoms with Crippen LogP contribution in [0.15, 0.2) is 22.8 Å². The highest BCUT2D eigenvalue weighted by atomic mass is 35.5. The molecule has 22 heavy (non-hydrogen) atoms. The lowest BCUT2D eigenvalue weighted by molar-refractivity contribution is -0.151. The minimum absolute atomic E-state index is 0.179. The second-order valence-electron chi connectivity index (χ2n) is 6.55. The number of rotatable bonds is 4. The largest absolute Gasteiger partial charge is 0.461 e. The highest BCUT2D eigenvalue weighted by Gasteiger charge is 2.62. The van der Waals surface area contributed by atoms with Crippen LogP contribution in [0.25, 0.3) is 0 Å². The fourth-order valence-corrected chi connectivity index (χ4v) is 3.20. The van der Waals surface area contributed by atoms with Gasteiger partial charge in [0.1, 0.15) is 11.1 Å². The molecule has 0 aromatic carbocycles. The summed E-state index contributed by atoms with van der Waals surface area (Å²) in [5.74, 6) is -1.52. The fraction of sp³-hybridized carbons (Fsp3) is 0.688. The Bertz CT molecular complexity index is 520. The number of carbonyl (C=O) groups excluding carboxylic acids is 1. The van der Waals surface area contributed by atoms with Crippen LogP contribution in [0.1, 0.15) is 40.0 Å². The van der Waals surface area contributed by atoms with Gasteiger partial charge in [0.2, 0.25) is 0 Å². The van der Waals surface area contributed by atoms with Gasteiger partial charge in [-0.15, -0.1) is 0 Å². The Labute approximate surface area is 133 Å². The summed E-state index contributed by atoms with van der Waals surface area (Å²) in [6.45, 7) is 5.55. The first-order chi connectivity index (χ1) is 10.1. The van der Waals surface area contributed by atoms with Gasteiger partial charge in [-0.25, -0.2) is 0 Å². The molecule has 2 aliphatic rings. The van der Waals surface area contributed by atoms with Crippen LogP contribution in [0.4, 0.5) is 13.2 Å². The molecule has 0 aromatic rings. The van der Waals surface area contributed by atoms with Gasteiger partial charge in [-0.3, -0.25) is 4.79 Å². The predicted molar refractivity (Wildman–Crippen MR) is 78.2 cm³/mol. The van der Waals surface area contributed by atoms with E-state index in [0.717, 1.165) is 18.9 Å². The molecule has 124 valence electrons. The van der Waals surface area contributed by atoms with Crippen LogP contribution in [0, 0.1) is 17.3 Å². The lowest BCUT2D eigenvalue weighted by Crippen LogP contribution is -2.19. The van der Waals surface area contributed by atoms with Crippen molar-refractivity contribution in [3.05, 3.63) is 22.8 Å². The molecule has 0 radical (unpaired) electrons. The molecule has 2 rings (SSSR count). The Morgan fingerprint density at radius 2 is 2.14 bits per heavy atom. The zero-order chi connectivity index (χ0) is 16.7. The molecular formula is C16H20ClF3O2. The van der Waals surface area contributed by atoms with Gasteiger partial charge in [0.05, 0.1) is 5.92 Å². The normalized spacial score (nSPS) is 31.0. The van der Waals surface area contributed by atoms with E-state index in [2.05, 4.69) is 6.08 Å². The summed E-state index contributed by atoms with van der Waals surface area (Å²) in [4.78, 5) is 12.2. The quantitative estimate of drug-likeness (QED) is 0.534. The van der Waals surface area contributed by atoms with Gasteiger partial charge in [-0.05, 0) is 17.8 Å². The molecule has 1 unspecified atom stereocenters. The second-order valence-corrected chi connectivity index (χ2v) is 6.96. The van der Waals surface area contributed by atoms with Crippen molar-refractivity contribution < 1.29 is 22.7 Å². The molecule has 0 aromatic heterocycles. The van der Waals surface area contributed by atoms with Crippen molar-refractivity contribution in [2.24, 2.45) is 17.3 Å². The molecule has 0 spiro atoms. The van der Waals surface area contributed by atoms with Gasteiger partial charge in [0.15, 0.2) is 0 Å². The summed E-state index contributed by atoms with van der Waals surface area (Å²) < 4.78 is 43.0. The van der Waals surface area contributed by atoms with Gasteiger partial charge in [0, 0.05) is 12.8 Å². The number of carbonyl (C=O) groups is 1. The number of allylic oxidation sites excluding steroid dienone is 2. The Morgan fingerprint density at radius 1 is 1.50 bits per heavy atom. The van der Waals surface area contributed by atoms with E-state index in [1.807, 2.05) is 6.92 Å². The number of hydrogen-bond acceptors (Lipinski definition) is 2. The standard InChI is InChI=1S/C16H20ClF3O2/c1-4-9-5-6-10(7-9)22-14(21)13-11(15(13,2)3)8-12(17)16(18,19)20/h5,8,10-11,13H,4,6-7H2,1-3H3/t10?,11-,13-/m0/s1. The van der Waals surface area contributed by atoms with Gasteiger partial charge >= 0.3 is 12.1 Å². The van der Waals surface area contributed by atoms with E-state index < -0.39 is 34.4 Å². The minimum atomic E-state index is -4.57. The van der Waals surface area contributed by atoms with Crippen molar-refractivity contribution in [3.8, 4) is 0 Å². The van der Waals surface area contributed by atoms with Crippen molar-refractivity contribution in [3.63, 3.8) is 0 Å². The molecule has 0 aliphatic heterocycles. The minimum Gasteiger partial charge on any atom is -0.461 e. The average molecular weight is 337 g/mol. The summed E-state index contributed by atoms with van der Waals surface area (Å²) in [5.41, 5.74) is 0.701. The highest BCUT2D eigenvalue weighted by Crippen LogP contribution is 2.60. The van der Waals surface area contributed by atoms with Crippen LogP contribution in [-0.2, 0) is 9.53 Å². The SMILES string of the molecule is CCC1=CCC(OC(=O)[C@@H]2[C@H](C=C(Cl)C(F)(F)F)C2(C)C)C1. The third kappa shape index (κ3) is 3.50. The summed E-state index contributed by atoms with van der Waals surface area (Å²) in [6, 6.07) is 0. The van der Waals surface area contributed by atoms with Gasteiger partial charge in [-0.2, -0.15) is 13.2 Å². The fourth-order valence-electron chi connectivity index (χ4n) is 3.06. The van der Waals surface area contributed by atoms with Gasteiger partial charge in [-0.1, -0.05) is 50.1 Å². The van der Waals surface area contributed by atoms with Crippen LogP contribution < -0.4 is 0 Å². The lowest BCUT2D eigenvalue weighted by atomic mass is 10.1. The maximum absolute atomic E-state index is 12.5. The summed E-state index contributed by atoms with van der Waals surface area (Å²) in [7, 11) is 0. The first-order valence-corrected chi connectivity index (χ1v) is 7.78. The lowest BCUT2D eigenvalue weighted by Gasteiger charge is -2.13. The van der Waals surface area contributed by atoms with Gasteiger partial charge in [0.25, 0.3) is 0 Å². The average Bonchev–Trinajstić information content (AvgIpc) is 2.74. The Kier molecular flexibility index (Phi) is 4.67. The second kappa shape index (κ2) is 5.91. The predicted octanol–water partition coefficient (Wildman–Crippen LogP) is 4.99. The maximum Gasteiger partial charge on any atom is 0.426 e. The van der Waals surface area contributed by atoms with Crippen LogP contribution in [0.5, 0.6) is 0 Å². The first kappa shape index (κ1) is 17.4. The number of ether oxygens (including phenoxy) is 1. The Morgan fingerprint density at radius 3 is 2.64 bits per heavy atom. The molecule has 2 nitrogen and oxygen atoms in total. The molecule has 3 atom stereocenters. The maximum atomic E-state index is 12.5. The molecule has 0 heterocycles. The summed E-state index contributed by atoms with van der Waals surface area (Å²) in [5, 5.41) is -1.17.